The zero-order chi connectivity index (χ0) is 17.9. The normalized spacial score (nSPS) is 11.4. The number of nitrogens with zero attached hydrogens (tertiary/aromatic N) is 1. The van der Waals surface area contributed by atoms with Gasteiger partial charge in [-0.3, -0.25) is 9.78 Å². The van der Waals surface area contributed by atoms with Gasteiger partial charge in [-0.15, -0.1) is 0 Å². The first-order valence-electron chi connectivity index (χ1n) is 7.34. The van der Waals surface area contributed by atoms with E-state index in [4.69, 9.17) is 11.6 Å². The van der Waals surface area contributed by atoms with Crippen molar-refractivity contribution in [2.24, 2.45) is 0 Å². The first-order chi connectivity index (χ1) is 12.0. The molecule has 0 bridgehead atoms. The van der Waals surface area contributed by atoms with Crippen LogP contribution in [0.15, 0.2) is 65.7 Å². The number of hydrogen-bond donors (Lipinski definition) is 2. The minimum absolute atomic E-state index is 0.0385. The molecule has 128 valence electrons. The predicted octanol–water partition coefficient (Wildman–Crippen LogP) is 2.81. The van der Waals surface area contributed by atoms with Gasteiger partial charge in [-0.2, -0.15) is 0 Å². The van der Waals surface area contributed by atoms with Crippen molar-refractivity contribution < 1.29 is 13.2 Å². The average molecular weight is 376 g/mol. The van der Waals surface area contributed by atoms with Crippen molar-refractivity contribution in [1.82, 2.24) is 9.71 Å². The monoisotopic (exact) mass is 375 g/mol. The standard InChI is InChI=1S/C17H14ClN3O3S/c18-13-6-8-14(9-7-13)25(23,24)20-11-16(22)21-15-5-1-3-12-4-2-10-19-17(12)15/h1-10,20H,11H2,(H,21,22). The number of para-hydroxylation sites is 1. The molecule has 8 heteroatoms. The Morgan fingerprint density at radius 1 is 1.04 bits per heavy atom. The minimum Gasteiger partial charge on any atom is -0.323 e. The largest absolute Gasteiger partial charge is 0.323 e. The Kier molecular flexibility index (Phi) is 4.98. The van der Waals surface area contributed by atoms with Crippen molar-refractivity contribution in [3.63, 3.8) is 0 Å². The summed E-state index contributed by atoms with van der Waals surface area (Å²) in [5.41, 5.74) is 1.16. The number of amides is 1. The van der Waals surface area contributed by atoms with Crippen LogP contribution in [-0.2, 0) is 14.8 Å². The number of benzene rings is 2. The second-order valence-electron chi connectivity index (χ2n) is 5.21. The van der Waals surface area contributed by atoms with Gasteiger partial charge in [-0.25, -0.2) is 13.1 Å². The van der Waals surface area contributed by atoms with Gasteiger partial charge in [0.2, 0.25) is 15.9 Å². The molecule has 0 saturated heterocycles. The van der Waals surface area contributed by atoms with Gasteiger partial charge < -0.3 is 5.32 Å². The van der Waals surface area contributed by atoms with E-state index in [0.717, 1.165) is 5.39 Å². The van der Waals surface area contributed by atoms with Gasteiger partial charge in [-0.1, -0.05) is 29.8 Å². The van der Waals surface area contributed by atoms with Crippen LogP contribution in [0.2, 0.25) is 5.02 Å². The molecule has 0 atom stereocenters. The number of pyridine rings is 1. The lowest BCUT2D eigenvalue weighted by Gasteiger charge is -2.09. The van der Waals surface area contributed by atoms with Gasteiger partial charge in [0.15, 0.2) is 0 Å². The van der Waals surface area contributed by atoms with E-state index in [0.29, 0.717) is 16.2 Å². The first-order valence-corrected chi connectivity index (χ1v) is 9.21. The van der Waals surface area contributed by atoms with Crippen LogP contribution in [-0.4, -0.2) is 25.9 Å². The smallest absolute Gasteiger partial charge is 0.241 e. The number of nitrogens with one attached hydrogen (secondary N) is 2. The van der Waals surface area contributed by atoms with Crippen molar-refractivity contribution >= 4 is 44.1 Å². The number of carbonyl (C=O) groups is 1. The lowest BCUT2D eigenvalue weighted by atomic mass is 10.2. The van der Waals surface area contributed by atoms with Crippen LogP contribution in [0, 0.1) is 0 Å². The molecule has 0 aliphatic heterocycles. The summed E-state index contributed by atoms with van der Waals surface area (Å²) in [6.45, 7) is -0.395. The molecule has 2 N–H and O–H groups in total. The first kappa shape index (κ1) is 17.3. The van der Waals surface area contributed by atoms with Crippen molar-refractivity contribution in [3.8, 4) is 0 Å². The fourth-order valence-electron chi connectivity index (χ4n) is 2.26. The minimum atomic E-state index is -3.79. The van der Waals surface area contributed by atoms with Crippen LogP contribution in [0.3, 0.4) is 0 Å². The Labute approximate surface area is 149 Å². The molecule has 1 aromatic heterocycles. The van der Waals surface area contributed by atoms with Gasteiger partial charge in [0.05, 0.1) is 22.6 Å². The number of hydrogen-bond acceptors (Lipinski definition) is 4. The quantitative estimate of drug-likeness (QED) is 0.717. The zero-order valence-electron chi connectivity index (χ0n) is 12.9. The van der Waals surface area contributed by atoms with Crippen LogP contribution in [0.25, 0.3) is 10.9 Å². The van der Waals surface area contributed by atoms with Crippen molar-refractivity contribution in [3.05, 3.63) is 65.8 Å². The molecule has 3 rings (SSSR count). The molecule has 0 fully saturated rings. The Hall–Kier alpha value is -2.48. The van der Waals surface area contributed by atoms with E-state index < -0.39 is 22.5 Å². The zero-order valence-corrected chi connectivity index (χ0v) is 14.5. The lowest BCUT2D eigenvalue weighted by Crippen LogP contribution is -2.32. The van der Waals surface area contributed by atoms with Crippen molar-refractivity contribution in [2.75, 3.05) is 11.9 Å². The number of anilines is 1. The van der Waals surface area contributed by atoms with Crippen LogP contribution in [0.4, 0.5) is 5.69 Å². The van der Waals surface area contributed by atoms with Gasteiger partial charge in [0.1, 0.15) is 0 Å². The third kappa shape index (κ3) is 4.14. The molecule has 3 aromatic rings. The second kappa shape index (κ2) is 7.18. The molecule has 25 heavy (non-hydrogen) atoms. The third-order valence-electron chi connectivity index (χ3n) is 3.45. The average Bonchev–Trinajstić information content (AvgIpc) is 2.61. The summed E-state index contributed by atoms with van der Waals surface area (Å²) in [5.74, 6) is -0.490. The number of fused-ring (bicyclic) bond motifs is 1. The van der Waals surface area contributed by atoms with Gasteiger partial charge in [0, 0.05) is 16.6 Å². The highest BCUT2D eigenvalue weighted by molar-refractivity contribution is 7.89. The third-order valence-corrected chi connectivity index (χ3v) is 5.12. The summed E-state index contributed by atoms with van der Waals surface area (Å²) in [5, 5.41) is 3.98. The molecule has 2 aromatic carbocycles. The maximum absolute atomic E-state index is 12.2. The highest BCUT2D eigenvalue weighted by Gasteiger charge is 2.16. The van der Waals surface area contributed by atoms with Crippen LogP contribution >= 0.6 is 11.6 Å². The van der Waals surface area contributed by atoms with E-state index in [2.05, 4.69) is 15.0 Å². The number of carbonyl (C=O) groups excluding carboxylic acids is 1. The molecule has 1 amide bonds. The Bertz CT molecular complexity index is 1020. The lowest BCUT2D eigenvalue weighted by molar-refractivity contribution is -0.115. The molecule has 0 aliphatic rings. The van der Waals surface area contributed by atoms with Crippen LogP contribution in [0.5, 0.6) is 0 Å². The summed E-state index contributed by atoms with van der Waals surface area (Å²) in [7, 11) is -3.79. The summed E-state index contributed by atoms with van der Waals surface area (Å²) < 4.78 is 26.6. The molecule has 0 radical (unpaired) electrons. The molecule has 6 nitrogen and oxygen atoms in total. The summed E-state index contributed by atoms with van der Waals surface area (Å²) in [6.07, 6.45) is 1.63. The van der Waals surface area contributed by atoms with E-state index in [9.17, 15) is 13.2 Å². The van der Waals surface area contributed by atoms with Gasteiger partial charge in [0.25, 0.3) is 0 Å². The number of halogens is 1. The molecule has 0 aliphatic carbocycles. The van der Waals surface area contributed by atoms with Gasteiger partial charge >= 0.3 is 0 Å². The fourth-order valence-corrected chi connectivity index (χ4v) is 3.37. The SMILES string of the molecule is O=C(CNS(=O)(=O)c1ccc(Cl)cc1)Nc1cccc2cccnc12. The Morgan fingerprint density at radius 2 is 1.76 bits per heavy atom. The van der Waals surface area contributed by atoms with Crippen molar-refractivity contribution in [2.45, 2.75) is 4.90 Å². The van der Waals surface area contributed by atoms with Gasteiger partial charge in [-0.05, 0) is 36.4 Å². The number of aromatic nitrogens is 1. The molecule has 0 spiro atoms. The summed E-state index contributed by atoms with van der Waals surface area (Å²) in [4.78, 5) is 16.4. The topological polar surface area (TPSA) is 88.2 Å². The van der Waals surface area contributed by atoms with E-state index >= 15 is 0 Å². The summed E-state index contributed by atoms with van der Waals surface area (Å²) >= 11 is 5.74. The molecule has 0 saturated carbocycles. The van der Waals surface area contributed by atoms with Crippen LogP contribution < -0.4 is 10.0 Å². The molecular weight excluding hydrogens is 362 g/mol. The van der Waals surface area contributed by atoms with E-state index in [1.165, 1.54) is 24.3 Å². The van der Waals surface area contributed by atoms with E-state index in [1.807, 2.05) is 12.1 Å². The predicted molar refractivity (Wildman–Crippen MR) is 97.0 cm³/mol. The summed E-state index contributed by atoms with van der Waals surface area (Å²) in [6, 6.07) is 14.7. The number of sulfonamides is 1. The highest BCUT2D eigenvalue weighted by atomic mass is 35.5. The molecule has 1 heterocycles. The van der Waals surface area contributed by atoms with E-state index in [1.54, 1.807) is 24.4 Å². The second-order valence-corrected chi connectivity index (χ2v) is 7.41. The Balaban J connectivity index is 1.69. The molecule has 0 unspecified atom stereocenters. The van der Waals surface area contributed by atoms with E-state index in [-0.39, 0.29) is 4.90 Å². The van der Waals surface area contributed by atoms with Crippen LogP contribution in [0.1, 0.15) is 0 Å². The number of rotatable bonds is 5. The maximum atomic E-state index is 12.2. The maximum Gasteiger partial charge on any atom is 0.241 e. The Morgan fingerprint density at radius 3 is 2.52 bits per heavy atom. The highest BCUT2D eigenvalue weighted by Crippen LogP contribution is 2.20. The fraction of sp³-hybridized carbons (Fsp3) is 0.0588. The molecular formula is C17H14ClN3O3S. The van der Waals surface area contributed by atoms with Crippen molar-refractivity contribution in [1.29, 1.82) is 0 Å².